The highest BCUT2D eigenvalue weighted by atomic mass is 32.2. The summed E-state index contributed by atoms with van der Waals surface area (Å²) in [5.41, 5.74) is 5.43. The maximum absolute atomic E-state index is 11.4. The van der Waals surface area contributed by atoms with E-state index in [1.54, 1.807) is 0 Å². The van der Waals surface area contributed by atoms with Crippen LogP contribution >= 0.6 is 11.8 Å². The molecule has 4 N–H and O–H groups in total. The monoisotopic (exact) mass is 261 g/mol. The smallest absolute Gasteiger partial charge is 0.326 e. The molecule has 8 nitrogen and oxygen atoms in total. The summed E-state index contributed by atoms with van der Waals surface area (Å²) in [4.78, 5) is 43.8. The Morgan fingerprint density at radius 1 is 1.53 bits per heavy atom. The highest BCUT2D eigenvalue weighted by molar-refractivity contribution is 8.13. The van der Waals surface area contributed by atoms with Crippen molar-refractivity contribution in [3.8, 4) is 0 Å². The number of thioether (sulfide) groups is 1. The summed E-state index contributed by atoms with van der Waals surface area (Å²) in [6, 6.07) is -1.77. The number of hydrogen-bond donors (Lipinski definition) is 3. The van der Waals surface area contributed by atoms with Crippen molar-refractivity contribution in [2.45, 2.75) is 19.2 Å². The highest BCUT2D eigenvalue weighted by Crippen LogP contribution is 2.05. The lowest BCUT2D eigenvalue weighted by Gasteiger charge is -2.13. The van der Waals surface area contributed by atoms with Gasteiger partial charge >= 0.3 is 12.0 Å². The van der Waals surface area contributed by atoms with Crippen molar-refractivity contribution >= 4 is 34.8 Å². The Hall–Kier alpha value is -1.61. The Morgan fingerprint density at radius 3 is 2.65 bits per heavy atom. The second-order valence-electron chi connectivity index (χ2n) is 3.19. The Kier molecular flexibility index (Phi) is 4.46. The average Bonchev–Trinajstić information content (AvgIpc) is 2.53. The third-order valence-electron chi connectivity index (χ3n) is 1.74. The van der Waals surface area contributed by atoms with Crippen LogP contribution in [0.15, 0.2) is 0 Å². The van der Waals surface area contributed by atoms with Crippen LogP contribution in [-0.2, 0) is 19.1 Å². The van der Waals surface area contributed by atoms with Crippen LogP contribution in [0.2, 0.25) is 0 Å². The largest absolute Gasteiger partial charge is 0.431 e. The van der Waals surface area contributed by atoms with Crippen LogP contribution in [0.25, 0.3) is 0 Å². The molecule has 0 bridgehead atoms. The molecule has 0 aromatic rings. The number of carbonyl (C=O) groups is 4. The first-order valence-electron chi connectivity index (χ1n) is 4.61. The Balaban J connectivity index is 2.40. The molecule has 2 atom stereocenters. The van der Waals surface area contributed by atoms with Crippen molar-refractivity contribution in [3.05, 3.63) is 0 Å². The first-order valence-corrected chi connectivity index (χ1v) is 5.59. The summed E-state index contributed by atoms with van der Waals surface area (Å²) in [7, 11) is 0. The second-order valence-corrected chi connectivity index (χ2v) is 4.39. The molecule has 0 spiro atoms. The van der Waals surface area contributed by atoms with Crippen LogP contribution in [0.4, 0.5) is 4.79 Å². The topological polar surface area (TPSA) is 128 Å². The molecule has 0 aromatic carbocycles. The van der Waals surface area contributed by atoms with Crippen LogP contribution in [0.3, 0.4) is 0 Å². The van der Waals surface area contributed by atoms with Gasteiger partial charge in [-0.2, -0.15) is 0 Å². The van der Waals surface area contributed by atoms with Crippen LogP contribution in [0.5, 0.6) is 0 Å². The van der Waals surface area contributed by atoms with Gasteiger partial charge in [-0.3, -0.25) is 25.0 Å². The zero-order valence-electron chi connectivity index (χ0n) is 8.89. The normalized spacial score (nSPS) is 20.5. The molecule has 1 saturated heterocycles. The Morgan fingerprint density at radius 2 is 2.18 bits per heavy atom. The molecule has 1 unspecified atom stereocenters. The van der Waals surface area contributed by atoms with Gasteiger partial charge < -0.3 is 10.5 Å². The van der Waals surface area contributed by atoms with Gasteiger partial charge in [0, 0.05) is 12.7 Å². The fourth-order valence-corrected chi connectivity index (χ4v) is 1.51. The average molecular weight is 261 g/mol. The molecule has 1 heterocycles. The van der Waals surface area contributed by atoms with Gasteiger partial charge in [0.25, 0.3) is 12.1 Å². The van der Waals surface area contributed by atoms with Crippen molar-refractivity contribution < 1.29 is 23.9 Å². The predicted molar refractivity (Wildman–Crippen MR) is 57.7 cm³/mol. The first kappa shape index (κ1) is 13.5. The molecule has 9 heteroatoms. The molecule has 94 valence electrons. The summed E-state index contributed by atoms with van der Waals surface area (Å²) >= 11 is 0.874. The lowest BCUT2D eigenvalue weighted by atomic mass is 10.4. The molecule has 1 rings (SSSR count). The number of nitrogens with two attached hydrogens (primary N) is 1. The SMILES string of the molecule is CC(=O)SC[C@H](N)C(=O)OC1NC(=O)NC1=O. The van der Waals surface area contributed by atoms with E-state index in [-0.39, 0.29) is 10.9 Å². The minimum absolute atomic E-state index is 0.0520. The number of imide groups is 1. The first-order chi connectivity index (χ1) is 7.90. The van der Waals surface area contributed by atoms with E-state index in [4.69, 9.17) is 5.73 Å². The van der Waals surface area contributed by atoms with E-state index in [1.165, 1.54) is 6.92 Å². The maximum atomic E-state index is 11.4. The third-order valence-corrected chi connectivity index (χ3v) is 2.67. The van der Waals surface area contributed by atoms with E-state index >= 15 is 0 Å². The molecule has 0 aromatic heterocycles. The predicted octanol–water partition coefficient (Wildman–Crippen LogP) is -1.70. The van der Waals surface area contributed by atoms with Crippen molar-refractivity contribution in [2.75, 3.05) is 5.75 Å². The molecule has 3 amide bonds. The van der Waals surface area contributed by atoms with Gasteiger partial charge in [-0.1, -0.05) is 11.8 Å². The minimum atomic E-state index is -1.36. The Bertz CT molecular complexity index is 372. The molecule has 1 fully saturated rings. The van der Waals surface area contributed by atoms with Gasteiger partial charge in [-0.25, -0.2) is 4.79 Å². The maximum Gasteiger partial charge on any atom is 0.326 e. The van der Waals surface area contributed by atoms with E-state index in [2.05, 4.69) is 10.1 Å². The van der Waals surface area contributed by atoms with Crippen molar-refractivity contribution in [1.82, 2.24) is 10.6 Å². The summed E-state index contributed by atoms with van der Waals surface area (Å²) in [5, 5.41) is 3.80. The van der Waals surface area contributed by atoms with Gasteiger partial charge in [0.2, 0.25) is 0 Å². The van der Waals surface area contributed by atoms with E-state index in [0.717, 1.165) is 11.8 Å². The number of ether oxygens (including phenoxy) is 1. The number of amides is 3. The summed E-state index contributed by atoms with van der Waals surface area (Å²) < 4.78 is 4.66. The fraction of sp³-hybridized carbons (Fsp3) is 0.500. The Labute approximate surface area is 101 Å². The third kappa shape index (κ3) is 4.04. The molecule has 0 radical (unpaired) electrons. The van der Waals surface area contributed by atoms with Crippen LogP contribution in [0, 0.1) is 0 Å². The van der Waals surface area contributed by atoms with E-state index in [0.29, 0.717) is 0 Å². The van der Waals surface area contributed by atoms with Gasteiger partial charge in [-0.15, -0.1) is 0 Å². The fourth-order valence-electron chi connectivity index (χ4n) is 0.960. The van der Waals surface area contributed by atoms with Crippen LogP contribution in [0.1, 0.15) is 6.92 Å². The number of urea groups is 1. The molecule has 0 aliphatic carbocycles. The lowest BCUT2D eigenvalue weighted by molar-refractivity contribution is -0.155. The molecule has 1 aliphatic heterocycles. The summed E-state index contributed by atoms with van der Waals surface area (Å²) in [5.74, 6) is -1.56. The van der Waals surface area contributed by atoms with Gasteiger partial charge in [0.05, 0.1) is 0 Å². The number of esters is 1. The van der Waals surface area contributed by atoms with Crippen LogP contribution < -0.4 is 16.4 Å². The number of hydrogen-bond acceptors (Lipinski definition) is 7. The summed E-state index contributed by atoms with van der Waals surface area (Å²) in [6.45, 7) is 1.34. The van der Waals surface area contributed by atoms with E-state index in [1.807, 2.05) is 5.32 Å². The van der Waals surface area contributed by atoms with Gasteiger partial charge in [0.15, 0.2) is 5.12 Å². The summed E-state index contributed by atoms with van der Waals surface area (Å²) in [6.07, 6.45) is -1.36. The van der Waals surface area contributed by atoms with E-state index in [9.17, 15) is 19.2 Å². The zero-order valence-corrected chi connectivity index (χ0v) is 9.71. The lowest BCUT2D eigenvalue weighted by Crippen LogP contribution is -2.42. The molecule has 17 heavy (non-hydrogen) atoms. The van der Waals surface area contributed by atoms with E-state index < -0.39 is 30.2 Å². The number of carbonyl (C=O) groups excluding carboxylic acids is 4. The molecular formula is C8H11N3O5S. The molecule has 1 aliphatic rings. The highest BCUT2D eigenvalue weighted by Gasteiger charge is 2.34. The standard InChI is InChI=1S/C8H11N3O5S/c1-3(12)17-2-4(9)7(14)16-6-5(13)10-8(15)11-6/h4,6H,2,9H2,1H3,(H2,10,11,13,15)/t4-,6?/m0/s1. The molecule has 0 saturated carbocycles. The van der Waals surface area contributed by atoms with Crippen LogP contribution in [-0.4, -0.2) is 41.0 Å². The number of rotatable bonds is 4. The van der Waals surface area contributed by atoms with Crippen molar-refractivity contribution in [1.29, 1.82) is 0 Å². The molecular weight excluding hydrogens is 250 g/mol. The minimum Gasteiger partial charge on any atom is -0.431 e. The van der Waals surface area contributed by atoms with Crippen molar-refractivity contribution in [3.63, 3.8) is 0 Å². The van der Waals surface area contributed by atoms with Gasteiger partial charge in [-0.05, 0) is 0 Å². The van der Waals surface area contributed by atoms with Gasteiger partial charge in [0.1, 0.15) is 6.04 Å². The van der Waals surface area contributed by atoms with Crippen molar-refractivity contribution in [2.24, 2.45) is 5.73 Å². The zero-order chi connectivity index (χ0) is 13.0. The quantitative estimate of drug-likeness (QED) is 0.406. The number of nitrogens with one attached hydrogen (secondary N) is 2. The second kappa shape index (κ2) is 5.64.